The second kappa shape index (κ2) is 8.72. The van der Waals surface area contributed by atoms with Gasteiger partial charge >= 0.3 is 0 Å². The van der Waals surface area contributed by atoms with E-state index in [1.54, 1.807) is 47.2 Å². The lowest BCUT2D eigenvalue weighted by Gasteiger charge is -2.11. The Bertz CT molecular complexity index is 1140. The number of hydrogen-bond acceptors (Lipinski definition) is 6. The lowest BCUT2D eigenvalue weighted by Crippen LogP contribution is -2.26. The summed E-state index contributed by atoms with van der Waals surface area (Å²) in [7, 11) is -1.57. The molecule has 0 saturated heterocycles. The summed E-state index contributed by atoms with van der Waals surface area (Å²) in [5.41, 5.74) is 3.84. The number of carbonyl (C=O) groups excluding carboxylic acids is 1. The molecule has 0 atom stereocenters. The predicted octanol–water partition coefficient (Wildman–Crippen LogP) is 1.78. The molecule has 0 radical (unpaired) electrons. The van der Waals surface area contributed by atoms with Crippen molar-refractivity contribution in [2.45, 2.75) is 20.4 Å². The van der Waals surface area contributed by atoms with Crippen LogP contribution in [0.25, 0.3) is 17.1 Å². The van der Waals surface area contributed by atoms with E-state index in [0.29, 0.717) is 34.9 Å². The molecule has 3 rings (SSSR count). The Balaban J connectivity index is 2.00. The summed E-state index contributed by atoms with van der Waals surface area (Å²) in [4.78, 5) is 23.0. The summed E-state index contributed by atoms with van der Waals surface area (Å²) in [6.07, 6.45) is 4.39. The molecule has 0 unspecified atom stereocenters. The molecule has 0 aromatic carbocycles. The van der Waals surface area contributed by atoms with E-state index < -0.39 is 10.0 Å². The van der Waals surface area contributed by atoms with Gasteiger partial charge in [0.25, 0.3) is 5.91 Å². The highest BCUT2D eigenvalue weighted by molar-refractivity contribution is 7.88. The van der Waals surface area contributed by atoms with Crippen LogP contribution in [0, 0.1) is 6.92 Å². The van der Waals surface area contributed by atoms with Crippen molar-refractivity contribution in [2.24, 2.45) is 0 Å². The third kappa shape index (κ3) is 5.08. The normalized spacial score (nSPS) is 11.5. The first kappa shape index (κ1) is 21.6. The zero-order valence-corrected chi connectivity index (χ0v) is 18.1. The van der Waals surface area contributed by atoms with Crippen molar-refractivity contribution >= 4 is 15.9 Å². The van der Waals surface area contributed by atoms with Crippen LogP contribution in [-0.4, -0.2) is 58.8 Å². The molecule has 3 aromatic rings. The molecular formula is C20H24N6O3S. The first-order valence-electron chi connectivity index (χ1n) is 9.36. The number of aryl methyl sites for hydroxylation is 1. The van der Waals surface area contributed by atoms with Crippen molar-refractivity contribution in [1.29, 1.82) is 0 Å². The Labute approximate surface area is 175 Å². The van der Waals surface area contributed by atoms with Gasteiger partial charge in [-0.25, -0.2) is 17.8 Å². The van der Waals surface area contributed by atoms with Crippen LogP contribution >= 0.6 is 0 Å². The smallest absolute Gasteiger partial charge is 0.274 e. The first-order valence-corrected chi connectivity index (χ1v) is 11.3. The van der Waals surface area contributed by atoms with E-state index in [0.717, 1.165) is 11.9 Å². The highest BCUT2D eigenvalue weighted by Gasteiger charge is 2.20. The Hall–Kier alpha value is -3.11. The molecule has 3 heterocycles. The molecule has 0 spiro atoms. The number of carbonyl (C=O) groups is 1. The second-order valence-corrected chi connectivity index (χ2v) is 8.78. The van der Waals surface area contributed by atoms with Gasteiger partial charge < -0.3 is 4.90 Å². The Morgan fingerprint density at radius 3 is 2.50 bits per heavy atom. The molecule has 0 aliphatic rings. The van der Waals surface area contributed by atoms with Gasteiger partial charge in [0.2, 0.25) is 10.0 Å². The van der Waals surface area contributed by atoms with Crippen LogP contribution < -0.4 is 4.72 Å². The van der Waals surface area contributed by atoms with Crippen LogP contribution in [0.5, 0.6) is 0 Å². The quantitative estimate of drug-likeness (QED) is 0.614. The second-order valence-electron chi connectivity index (χ2n) is 6.95. The number of hydrogen-bond donors (Lipinski definition) is 1. The maximum absolute atomic E-state index is 12.6. The fraction of sp³-hybridized carbons (Fsp3) is 0.300. The maximum atomic E-state index is 12.6. The molecule has 0 fully saturated rings. The lowest BCUT2D eigenvalue weighted by molar-refractivity contribution is 0.0796. The van der Waals surface area contributed by atoms with Gasteiger partial charge in [0.15, 0.2) is 5.69 Å². The van der Waals surface area contributed by atoms with E-state index in [2.05, 4.69) is 19.8 Å². The van der Waals surface area contributed by atoms with Crippen molar-refractivity contribution in [3.8, 4) is 17.1 Å². The van der Waals surface area contributed by atoms with Crippen LogP contribution in [0.15, 0.2) is 42.7 Å². The topological polar surface area (TPSA) is 110 Å². The SMILES string of the molecule is CCN(C)C(=O)c1cc(-c2ccc(CNS(C)(=O)=O)cn2)n(-c2ccc(C)nc2)n1. The Morgan fingerprint density at radius 1 is 1.17 bits per heavy atom. The van der Waals surface area contributed by atoms with E-state index in [1.807, 2.05) is 26.0 Å². The van der Waals surface area contributed by atoms with E-state index in [9.17, 15) is 13.2 Å². The number of nitrogens with one attached hydrogen (secondary N) is 1. The van der Waals surface area contributed by atoms with Gasteiger partial charge in [-0.3, -0.25) is 14.8 Å². The zero-order chi connectivity index (χ0) is 21.9. The number of aromatic nitrogens is 4. The van der Waals surface area contributed by atoms with Crippen molar-refractivity contribution in [3.05, 3.63) is 59.7 Å². The van der Waals surface area contributed by atoms with E-state index in [-0.39, 0.29) is 12.5 Å². The maximum Gasteiger partial charge on any atom is 0.274 e. The third-order valence-electron chi connectivity index (χ3n) is 4.52. The third-order valence-corrected chi connectivity index (χ3v) is 5.18. The number of nitrogens with zero attached hydrogens (tertiary/aromatic N) is 5. The van der Waals surface area contributed by atoms with E-state index in [4.69, 9.17) is 0 Å². The summed E-state index contributed by atoms with van der Waals surface area (Å²) in [6, 6.07) is 9.00. The molecule has 0 saturated carbocycles. The summed E-state index contributed by atoms with van der Waals surface area (Å²) in [6.45, 7) is 4.50. The van der Waals surface area contributed by atoms with Crippen LogP contribution in [0.1, 0.15) is 28.7 Å². The van der Waals surface area contributed by atoms with Gasteiger partial charge in [-0.1, -0.05) is 6.07 Å². The van der Waals surface area contributed by atoms with Crippen LogP contribution in [0.3, 0.4) is 0 Å². The zero-order valence-electron chi connectivity index (χ0n) is 17.3. The van der Waals surface area contributed by atoms with Crippen molar-refractivity contribution in [3.63, 3.8) is 0 Å². The standard InChI is InChI=1S/C20H24N6O3S/c1-5-25(3)20(27)18-10-19(26(24-18)16-8-6-14(2)21-13-16)17-9-7-15(11-22-17)12-23-30(4,28)29/h6-11,13,23H,5,12H2,1-4H3. The molecule has 0 aliphatic carbocycles. The molecule has 1 amide bonds. The van der Waals surface area contributed by atoms with Crippen molar-refractivity contribution in [1.82, 2.24) is 29.4 Å². The Morgan fingerprint density at radius 2 is 1.93 bits per heavy atom. The van der Waals surface area contributed by atoms with E-state index >= 15 is 0 Å². The molecule has 30 heavy (non-hydrogen) atoms. The molecule has 1 N–H and O–H groups in total. The number of sulfonamides is 1. The molecule has 10 heteroatoms. The minimum atomic E-state index is -3.29. The van der Waals surface area contributed by atoms with Gasteiger partial charge in [-0.15, -0.1) is 0 Å². The molecule has 9 nitrogen and oxygen atoms in total. The highest BCUT2D eigenvalue weighted by Crippen LogP contribution is 2.23. The van der Waals surface area contributed by atoms with Crippen LogP contribution in [0.4, 0.5) is 0 Å². The van der Waals surface area contributed by atoms with E-state index in [1.165, 1.54) is 0 Å². The molecule has 0 bridgehead atoms. The minimum Gasteiger partial charge on any atom is -0.341 e. The van der Waals surface area contributed by atoms with Gasteiger partial charge in [0.05, 0.1) is 29.5 Å². The number of rotatable bonds is 7. The van der Waals surface area contributed by atoms with Crippen molar-refractivity contribution < 1.29 is 13.2 Å². The molecule has 3 aromatic heterocycles. The Kier molecular flexibility index (Phi) is 6.28. The average Bonchev–Trinajstić information content (AvgIpc) is 3.17. The average molecular weight is 429 g/mol. The highest BCUT2D eigenvalue weighted by atomic mass is 32.2. The van der Waals surface area contributed by atoms with Gasteiger partial charge in [0.1, 0.15) is 0 Å². The monoisotopic (exact) mass is 428 g/mol. The lowest BCUT2D eigenvalue weighted by atomic mass is 10.2. The first-order chi connectivity index (χ1) is 14.2. The summed E-state index contributed by atoms with van der Waals surface area (Å²) in [5, 5.41) is 4.50. The predicted molar refractivity (Wildman–Crippen MR) is 114 cm³/mol. The largest absolute Gasteiger partial charge is 0.341 e. The molecule has 0 aliphatic heterocycles. The van der Waals surface area contributed by atoms with Crippen LogP contribution in [-0.2, 0) is 16.6 Å². The fourth-order valence-corrected chi connectivity index (χ4v) is 3.11. The van der Waals surface area contributed by atoms with Gasteiger partial charge in [-0.05, 0) is 43.7 Å². The number of pyridine rings is 2. The van der Waals surface area contributed by atoms with Gasteiger partial charge in [0, 0.05) is 32.0 Å². The summed E-state index contributed by atoms with van der Waals surface area (Å²) in [5.74, 6) is -0.188. The number of amides is 1. The summed E-state index contributed by atoms with van der Waals surface area (Å²) >= 11 is 0. The van der Waals surface area contributed by atoms with Crippen molar-refractivity contribution in [2.75, 3.05) is 19.8 Å². The minimum absolute atomic E-state index is 0.151. The summed E-state index contributed by atoms with van der Waals surface area (Å²) < 4.78 is 26.6. The van der Waals surface area contributed by atoms with Crippen LogP contribution in [0.2, 0.25) is 0 Å². The fourth-order valence-electron chi connectivity index (χ4n) is 2.68. The molecular weight excluding hydrogens is 404 g/mol. The molecule has 158 valence electrons. The van der Waals surface area contributed by atoms with Gasteiger partial charge in [-0.2, -0.15) is 5.10 Å².